The van der Waals surface area contributed by atoms with Gasteiger partial charge in [-0.25, -0.2) is 0 Å². The number of hydrogen-bond acceptors (Lipinski definition) is 4. The summed E-state index contributed by atoms with van der Waals surface area (Å²) in [6.45, 7) is 2.79. The molecule has 0 unspecified atom stereocenters. The molecule has 0 spiro atoms. The number of rotatable bonds is 4. The van der Waals surface area contributed by atoms with Gasteiger partial charge in [0.15, 0.2) is 5.82 Å². The zero-order valence-electron chi connectivity index (χ0n) is 7.21. The summed E-state index contributed by atoms with van der Waals surface area (Å²) < 4.78 is 4.97. The lowest BCUT2D eigenvalue weighted by atomic mass is 10.4. The third-order valence-electron chi connectivity index (χ3n) is 1.92. The van der Waals surface area contributed by atoms with Gasteiger partial charge in [-0.15, -0.1) is 0 Å². The molecule has 0 radical (unpaired) electrons. The van der Waals surface area contributed by atoms with E-state index in [1.165, 1.54) is 12.8 Å². The van der Waals surface area contributed by atoms with Crippen molar-refractivity contribution < 1.29 is 4.52 Å². The first kappa shape index (κ1) is 7.73. The lowest BCUT2D eigenvalue weighted by molar-refractivity contribution is 0.372. The Morgan fingerprint density at radius 1 is 1.58 bits per heavy atom. The monoisotopic (exact) mass is 167 g/mol. The number of hydrogen-bond donors (Lipinski definition) is 1. The van der Waals surface area contributed by atoms with Crippen LogP contribution < -0.4 is 5.32 Å². The Morgan fingerprint density at radius 3 is 3.00 bits per heavy atom. The fourth-order valence-corrected chi connectivity index (χ4v) is 1.11. The van der Waals surface area contributed by atoms with Crippen molar-refractivity contribution in [3.05, 3.63) is 11.7 Å². The first-order valence-corrected chi connectivity index (χ1v) is 4.37. The molecule has 0 aliphatic heterocycles. The van der Waals surface area contributed by atoms with Crippen molar-refractivity contribution >= 4 is 0 Å². The number of nitrogens with one attached hydrogen (secondary N) is 1. The van der Waals surface area contributed by atoms with Crippen molar-refractivity contribution in [1.29, 1.82) is 0 Å². The van der Waals surface area contributed by atoms with Crippen LogP contribution in [0.2, 0.25) is 0 Å². The molecule has 0 atom stereocenters. The Bertz CT molecular complexity index is 255. The molecular formula is C8H13N3O. The maximum atomic E-state index is 4.97. The predicted molar refractivity (Wildman–Crippen MR) is 43.8 cm³/mol. The van der Waals surface area contributed by atoms with Gasteiger partial charge < -0.3 is 9.84 Å². The Labute approximate surface area is 71.4 Å². The molecule has 4 nitrogen and oxygen atoms in total. The van der Waals surface area contributed by atoms with Crippen LogP contribution in [0.3, 0.4) is 0 Å². The minimum absolute atomic E-state index is 0.719. The van der Waals surface area contributed by atoms with Crippen LogP contribution in [-0.4, -0.2) is 22.7 Å². The van der Waals surface area contributed by atoms with Crippen molar-refractivity contribution in [3.8, 4) is 0 Å². The lowest BCUT2D eigenvalue weighted by Crippen LogP contribution is -2.19. The summed E-state index contributed by atoms with van der Waals surface area (Å²) in [5.74, 6) is 1.46. The third kappa shape index (κ3) is 2.04. The summed E-state index contributed by atoms with van der Waals surface area (Å²) in [4.78, 5) is 4.11. The van der Waals surface area contributed by atoms with E-state index in [-0.39, 0.29) is 0 Å². The maximum Gasteiger partial charge on any atom is 0.227 e. The second kappa shape index (κ2) is 3.23. The molecule has 1 saturated carbocycles. The topological polar surface area (TPSA) is 51.0 Å². The molecule has 1 fully saturated rings. The van der Waals surface area contributed by atoms with E-state index in [9.17, 15) is 0 Å². The average molecular weight is 167 g/mol. The van der Waals surface area contributed by atoms with Crippen LogP contribution in [0.1, 0.15) is 24.6 Å². The molecule has 12 heavy (non-hydrogen) atoms. The van der Waals surface area contributed by atoms with Crippen molar-refractivity contribution in [2.75, 3.05) is 6.54 Å². The molecule has 0 amide bonds. The standard InChI is InChI=1S/C8H13N3O/c1-6-10-8(12-11-6)4-5-9-7-2-3-7/h7,9H,2-5H2,1H3. The SMILES string of the molecule is Cc1noc(CCNC2CC2)n1. The van der Waals surface area contributed by atoms with Crippen molar-refractivity contribution in [2.24, 2.45) is 0 Å². The second-order valence-electron chi connectivity index (χ2n) is 3.21. The normalized spacial score (nSPS) is 16.8. The van der Waals surface area contributed by atoms with Crippen LogP contribution in [0.15, 0.2) is 4.52 Å². The van der Waals surface area contributed by atoms with Gasteiger partial charge in [0.05, 0.1) is 0 Å². The largest absolute Gasteiger partial charge is 0.339 e. The molecule has 2 rings (SSSR count). The van der Waals surface area contributed by atoms with Gasteiger partial charge >= 0.3 is 0 Å². The highest BCUT2D eigenvalue weighted by molar-refractivity contribution is 4.86. The van der Waals surface area contributed by atoms with E-state index in [1.54, 1.807) is 0 Å². The smallest absolute Gasteiger partial charge is 0.227 e. The first-order valence-electron chi connectivity index (χ1n) is 4.37. The summed E-state index contributed by atoms with van der Waals surface area (Å²) in [5.41, 5.74) is 0. The van der Waals surface area contributed by atoms with Crippen LogP contribution in [0.4, 0.5) is 0 Å². The molecule has 1 heterocycles. The summed E-state index contributed by atoms with van der Waals surface area (Å²) in [6.07, 6.45) is 3.49. The first-order chi connectivity index (χ1) is 5.84. The van der Waals surface area contributed by atoms with Gasteiger partial charge in [-0.1, -0.05) is 5.16 Å². The Hall–Kier alpha value is -0.900. The molecule has 1 aliphatic carbocycles. The van der Waals surface area contributed by atoms with E-state index in [0.29, 0.717) is 0 Å². The second-order valence-corrected chi connectivity index (χ2v) is 3.21. The summed E-state index contributed by atoms with van der Waals surface area (Å²) >= 11 is 0. The summed E-state index contributed by atoms with van der Waals surface area (Å²) in [6, 6.07) is 0.758. The van der Waals surface area contributed by atoms with Crippen LogP contribution in [0, 0.1) is 6.92 Å². The molecule has 66 valence electrons. The van der Waals surface area contributed by atoms with Gasteiger partial charge in [0.2, 0.25) is 5.89 Å². The van der Waals surface area contributed by atoms with Gasteiger partial charge in [-0.05, 0) is 19.8 Å². The van der Waals surface area contributed by atoms with Gasteiger partial charge in [0.25, 0.3) is 0 Å². The molecular weight excluding hydrogens is 154 g/mol. The van der Waals surface area contributed by atoms with Gasteiger partial charge in [-0.2, -0.15) is 4.98 Å². The van der Waals surface area contributed by atoms with Crippen LogP contribution in [0.5, 0.6) is 0 Å². The highest BCUT2D eigenvalue weighted by Crippen LogP contribution is 2.18. The maximum absolute atomic E-state index is 4.97. The fraction of sp³-hybridized carbons (Fsp3) is 0.750. The van der Waals surface area contributed by atoms with E-state index in [1.807, 2.05) is 6.92 Å². The van der Waals surface area contributed by atoms with E-state index >= 15 is 0 Å². The third-order valence-corrected chi connectivity index (χ3v) is 1.92. The van der Waals surface area contributed by atoms with Crippen molar-refractivity contribution in [1.82, 2.24) is 15.5 Å². The zero-order chi connectivity index (χ0) is 8.39. The molecule has 0 bridgehead atoms. The minimum Gasteiger partial charge on any atom is -0.339 e. The number of aryl methyl sites for hydroxylation is 1. The fourth-order valence-electron chi connectivity index (χ4n) is 1.11. The summed E-state index contributed by atoms with van der Waals surface area (Å²) in [7, 11) is 0. The molecule has 0 aromatic carbocycles. The zero-order valence-corrected chi connectivity index (χ0v) is 7.21. The molecule has 1 N–H and O–H groups in total. The molecule has 4 heteroatoms. The lowest BCUT2D eigenvalue weighted by Gasteiger charge is -1.96. The Balaban J connectivity index is 1.71. The molecule has 0 saturated heterocycles. The molecule has 1 aromatic heterocycles. The van der Waals surface area contributed by atoms with E-state index in [0.717, 1.165) is 30.7 Å². The average Bonchev–Trinajstić information content (AvgIpc) is 2.76. The van der Waals surface area contributed by atoms with Crippen LogP contribution in [0.25, 0.3) is 0 Å². The van der Waals surface area contributed by atoms with Gasteiger partial charge in [-0.3, -0.25) is 0 Å². The Kier molecular flexibility index (Phi) is 2.08. The van der Waals surface area contributed by atoms with Crippen LogP contribution in [-0.2, 0) is 6.42 Å². The van der Waals surface area contributed by atoms with E-state index < -0.39 is 0 Å². The van der Waals surface area contributed by atoms with Gasteiger partial charge in [0, 0.05) is 19.0 Å². The molecule has 1 aliphatic rings. The molecule has 1 aromatic rings. The highest BCUT2D eigenvalue weighted by Gasteiger charge is 2.19. The van der Waals surface area contributed by atoms with Crippen molar-refractivity contribution in [2.45, 2.75) is 32.2 Å². The Morgan fingerprint density at radius 2 is 2.42 bits per heavy atom. The van der Waals surface area contributed by atoms with Crippen molar-refractivity contribution in [3.63, 3.8) is 0 Å². The number of nitrogens with zero attached hydrogens (tertiary/aromatic N) is 2. The predicted octanol–water partition coefficient (Wildman–Crippen LogP) is 0.673. The van der Waals surface area contributed by atoms with Gasteiger partial charge in [0.1, 0.15) is 0 Å². The van der Waals surface area contributed by atoms with E-state index in [2.05, 4.69) is 15.5 Å². The number of aromatic nitrogens is 2. The van der Waals surface area contributed by atoms with Crippen LogP contribution >= 0.6 is 0 Å². The highest BCUT2D eigenvalue weighted by atomic mass is 16.5. The van der Waals surface area contributed by atoms with E-state index in [4.69, 9.17) is 4.52 Å². The summed E-state index contributed by atoms with van der Waals surface area (Å²) in [5, 5.41) is 7.10. The quantitative estimate of drug-likeness (QED) is 0.716. The minimum atomic E-state index is 0.719.